The summed E-state index contributed by atoms with van der Waals surface area (Å²) in [7, 11) is 2.99. The van der Waals surface area contributed by atoms with Crippen LogP contribution in [0.2, 0.25) is 0 Å². The van der Waals surface area contributed by atoms with Crippen LogP contribution in [0.15, 0.2) is 24.3 Å². The molecular formula is C15H20N2O4. The second-order valence-corrected chi connectivity index (χ2v) is 5.07. The van der Waals surface area contributed by atoms with Crippen molar-refractivity contribution in [1.82, 2.24) is 10.4 Å². The van der Waals surface area contributed by atoms with Crippen molar-refractivity contribution in [3.8, 4) is 5.75 Å². The first-order valence-corrected chi connectivity index (χ1v) is 6.83. The Hall–Kier alpha value is -2.08. The van der Waals surface area contributed by atoms with Crippen molar-refractivity contribution in [3.63, 3.8) is 0 Å². The number of hydrogen-bond donors (Lipinski definition) is 1. The zero-order valence-corrected chi connectivity index (χ0v) is 12.5. The summed E-state index contributed by atoms with van der Waals surface area (Å²) in [5.74, 6) is 0.138. The Labute approximate surface area is 124 Å². The summed E-state index contributed by atoms with van der Waals surface area (Å²) in [5, 5.41) is 0. The summed E-state index contributed by atoms with van der Waals surface area (Å²) in [6, 6.07) is 7.51. The van der Waals surface area contributed by atoms with Gasteiger partial charge in [-0.1, -0.05) is 12.1 Å². The van der Waals surface area contributed by atoms with E-state index in [1.807, 2.05) is 31.2 Å². The van der Waals surface area contributed by atoms with E-state index in [9.17, 15) is 9.59 Å². The van der Waals surface area contributed by atoms with Gasteiger partial charge in [-0.05, 0) is 24.6 Å². The largest absolute Gasteiger partial charge is 0.497 e. The van der Waals surface area contributed by atoms with Crippen LogP contribution >= 0.6 is 0 Å². The van der Waals surface area contributed by atoms with E-state index in [1.165, 1.54) is 7.11 Å². The van der Waals surface area contributed by atoms with Gasteiger partial charge in [0.1, 0.15) is 5.75 Å². The molecule has 6 nitrogen and oxygen atoms in total. The van der Waals surface area contributed by atoms with Crippen molar-refractivity contribution >= 4 is 11.8 Å². The molecule has 1 fully saturated rings. The van der Waals surface area contributed by atoms with E-state index in [0.29, 0.717) is 6.54 Å². The Morgan fingerprint density at radius 3 is 2.57 bits per heavy atom. The molecule has 2 atom stereocenters. The minimum Gasteiger partial charge on any atom is -0.497 e. The standard InChI is InChI=1S/C15H20N2O4/c1-10(11-4-6-13(20-2)7-5-11)17-9-12(8-14(17)18)15(19)16-21-3/h4-7,10,12H,8-9H2,1-3H3,(H,16,19)/t10-,12?/m0/s1. The minimum atomic E-state index is -0.363. The van der Waals surface area contributed by atoms with Gasteiger partial charge in [-0.15, -0.1) is 0 Å². The number of benzene rings is 1. The maximum atomic E-state index is 12.1. The Bertz CT molecular complexity index is 515. The fourth-order valence-electron chi connectivity index (χ4n) is 2.53. The van der Waals surface area contributed by atoms with Gasteiger partial charge in [0.25, 0.3) is 0 Å². The quantitative estimate of drug-likeness (QED) is 0.830. The number of likely N-dealkylation sites (tertiary alicyclic amines) is 1. The lowest BCUT2D eigenvalue weighted by molar-refractivity contribution is -0.135. The van der Waals surface area contributed by atoms with Gasteiger partial charge in [0, 0.05) is 13.0 Å². The van der Waals surface area contributed by atoms with E-state index in [-0.39, 0.29) is 30.2 Å². The molecule has 1 aromatic rings. The van der Waals surface area contributed by atoms with Gasteiger partial charge in [-0.2, -0.15) is 0 Å². The minimum absolute atomic E-state index is 0.0189. The average Bonchev–Trinajstić information content (AvgIpc) is 2.89. The number of amides is 2. The number of methoxy groups -OCH3 is 1. The number of nitrogens with zero attached hydrogens (tertiary/aromatic N) is 1. The Morgan fingerprint density at radius 1 is 1.33 bits per heavy atom. The van der Waals surface area contributed by atoms with Crippen LogP contribution < -0.4 is 10.2 Å². The smallest absolute Gasteiger partial charge is 0.248 e. The number of nitrogens with one attached hydrogen (secondary N) is 1. The van der Waals surface area contributed by atoms with E-state index in [0.717, 1.165) is 11.3 Å². The fraction of sp³-hybridized carbons (Fsp3) is 0.467. The molecule has 1 aliphatic rings. The van der Waals surface area contributed by atoms with Crippen molar-refractivity contribution in [2.45, 2.75) is 19.4 Å². The molecule has 0 spiro atoms. The Kier molecular flexibility index (Phi) is 4.80. The van der Waals surface area contributed by atoms with Crippen LogP contribution in [-0.2, 0) is 14.4 Å². The summed E-state index contributed by atoms with van der Waals surface area (Å²) in [6.07, 6.45) is 0.218. The maximum Gasteiger partial charge on any atom is 0.248 e. The van der Waals surface area contributed by atoms with E-state index in [2.05, 4.69) is 10.3 Å². The molecule has 1 heterocycles. The topological polar surface area (TPSA) is 67.9 Å². The third kappa shape index (κ3) is 3.33. The molecule has 1 aliphatic heterocycles. The van der Waals surface area contributed by atoms with Crippen LogP contribution in [0.25, 0.3) is 0 Å². The van der Waals surface area contributed by atoms with Gasteiger partial charge in [-0.25, -0.2) is 5.48 Å². The van der Waals surface area contributed by atoms with Crippen molar-refractivity contribution in [2.75, 3.05) is 20.8 Å². The Balaban J connectivity index is 2.06. The summed E-state index contributed by atoms with van der Waals surface area (Å²) < 4.78 is 5.12. The third-order valence-electron chi connectivity index (χ3n) is 3.80. The van der Waals surface area contributed by atoms with Gasteiger partial charge < -0.3 is 9.64 Å². The number of ether oxygens (including phenoxy) is 1. The van der Waals surface area contributed by atoms with Crippen molar-refractivity contribution < 1.29 is 19.2 Å². The van der Waals surface area contributed by atoms with Crippen LogP contribution in [-0.4, -0.2) is 37.5 Å². The summed E-state index contributed by atoms with van der Waals surface area (Å²) in [5.41, 5.74) is 3.30. The van der Waals surface area contributed by atoms with Crippen LogP contribution in [0.4, 0.5) is 0 Å². The molecule has 1 saturated heterocycles. The molecule has 21 heavy (non-hydrogen) atoms. The second-order valence-electron chi connectivity index (χ2n) is 5.07. The highest BCUT2D eigenvalue weighted by atomic mass is 16.6. The first kappa shape index (κ1) is 15.3. The van der Waals surface area contributed by atoms with Gasteiger partial charge in [0.15, 0.2) is 0 Å². The number of hydroxylamine groups is 1. The lowest BCUT2D eigenvalue weighted by Gasteiger charge is -2.25. The molecule has 6 heteroatoms. The number of hydrogen-bond acceptors (Lipinski definition) is 4. The molecule has 2 rings (SSSR count). The SMILES string of the molecule is CONC(=O)C1CC(=O)N([C@@H](C)c2ccc(OC)cc2)C1. The molecule has 0 saturated carbocycles. The molecule has 1 N–H and O–H groups in total. The summed E-state index contributed by atoms with van der Waals surface area (Å²) in [6.45, 7) is 2.36. The van der Waals surface area contributed by atoms with Gasteiger partial charge in [0.2, 0.25) is 11.8 Å². The third-order valence-corrected chi connectivity index (χ3v) is 3.80. The first-order chi connectivity index (χ1) is 10.1. The summed E-state index contributed by atoms with van der Waals surface area (Å²) >= 11 is 0. The van der Waals surface area contributed by atoms with E-state index in [4.69, 9.17) is 4.74 Å². The molecule has 0 bridgehead atoms. The second kappa shape index (κ2) is 6.58. The molecule has 0 aromatic heterocycles. The monoisotopic (exact) mass is 292 g/mol. The first-order valence-electron chi connectivity index (χ1n) is 6.83. The molecule has 114 valence electrons. The van der Waals surface area contributed by atoms with Crippen LogP contribution in [0, 0.1) is 5.92 Å². The highest BCUT2D eigenvalue weighted by Crippen LogP contribution is 2.29. The fourth-order valence-corrected chi connectivity index (χ4v) is 2.53. The van der Waals surface area contributed by atoms with Crippen molar-refractivity contribution in [3.05, 3.63) is 29.8 Å². The highest BCUT2D eigenvalue weighted by molar-refractivity contribution is 5.89. The molecular weight excluding hydrogens is 272 g/mol. The molecule has 0 aliphatic carbocycles. The number of carbonyl (C=O) groups is 2. The predicted molar refractivity (Wildman–Crippen MR) is 76.4 cm³/mol. The Morgan fingerprint density at radius 2 is 2.00 bits per heavy atom. The van der Waals surface area contributed by atoms with E-state index in [1.54, 1.807) is 12.0 Å². The van der Waals surface area contributed by atoms with Crippen LogP contribution in [0.1, 0.15) is 24.9 Å². The average molecular weight is 292 g/mol. The van der Waals surface area contributed by atoms with Crippen LogP contribution in [0.5, 0.6) is 5.75 Å². The normalized spacial score (nSPS) is 19.5. The predicted octanol–water partition coefficient (Wildman–Crippen LogP) is 1.28. The lowest BCUT2D eigenvalue weighted by atomic mass is 10.1. The highest BCUT2D eigenvalue weighted by Gasteiger charge is 2.37. The van der Waals surface area contributed by atoms with Crippen LogP contribution in [0.3, 0.4) is 0 Å². The molecule has 1 aromatic carbocycles. The maximum absolute atomic E-state index is 12.1. The number of carbonyl (C=O) groups excluding carboxylic acids is 2. The van der Waals surface area contributed by atoms with E-state index < -0.39 is 0 Å². The van der Waals surface area contributed by atoms with E-state index >= 15 is 0 Å². The molecule has 2 amide bonds. The summed E-state index contributed by atoms with van der Waals surface area (Å²) in [4.78, 5) is 30.2. The van der Waals surface area contributed by atoms with Gasteiger partial charge in [0.05, 0.1) is 26.2 Å². The molecule has 0 radical (unpaired) electrons. The van der Waals surface area contributed by atoms with Crippen molar-refractivity contribution in [2.24, 2.45) is 5.92 Å². The van der Waals surface area contributed by atoms with Crippen molar-refractivity contribution in [1.29, 1.82) is 0 Å². The molecule has 1 unspecified atom stereocenters. The van der Waals surface area contributed by atoms with Gasteiger partial charge >= 0.3 is 0 Å². The zero-order chi connectivity index (χ0) is 15.4. The lowest BCUT2D eigenvalue weighted by Crippen LogP contribution is -2.33. The van der Waals surface area contributed by atoms with Gasteiger partial charge in [-0.3, -0.25) is 14.4 Å². The zero-order valence-electron chi connectivity index (χ0n) is 12.5. The number of rotatable bonds is 5.